The number of likely N-dealkylation sites (N-methyl/N-ethyl adjacent to an activating group) is 1. The van der Waals surface area contributed by atoms with E-state index in [1.54, 1.807) is 48.7 Å². The molecule has 2 fully saturated rings. The van der Waals surface area contributed by atoms with Gasteiger partial charge in [0.15, 0.2) is 0 Å². The molecule has 5 atom stereocenters. The number of carbonyl (C=O) groups excluding carboxylic acids is 2. The maximum Gasteiger partial charge on any atom is 0.407 e. The van der Waals surface area contributed by atoms with Gasteiger partial charge in [0.05, 0.1) is 30.4 Å². The minimum Gasteiger partial charge on any atom is -0.453 e. The standard InChI is InChI=1S/C45H50F5N7O4/c1-5-57-32-16-17-33(57)27-56(26-32)40-18-15-30(23-53-40)14-11-28-9-12-29(13-10-28)20-38(54-42(59)41(55-43(60)61-4)44(2,3)45(48,49)50)39(58)25-51-24-34-35(46)21-31(22-36(34)47)37-8-6-7-19-52-37/h6-10,12-13,15,18-19,21-23,32-33,38-39,41,51,58H,5,16-17,20,24-27H2,1-4H3,(H,54,59)(H,55,60)/t32?,33?,38-,39-,41?/m0/s1. The number of hydrogen-bond acceptors (Lipinski definition) is 9. The molecule has 4 aromatic rings. The van der Waals surface area contributed by atoms with Crippen LogP contribution in [0.1, 0.15) is 55.9 Å². The number of hydrogen-bond donors (Lipinski definition) is 4. The molecule has 0 aliphatic carbocycles. The van der Waals surface area contributed by atoms with Crippen LogP contribution in [0.15, 0.2) is 79.1 Å². The Bertz CT molecular complexity index is 2160. The number of amides is 2. The number of ether oxygens (including phenoxy) is 1. The summed E-state index contributed by atoms with van der Waals surface area (Å²) in [6.07, 6.45) is -2.14. The molecule has 4 N–H and O–H groups in total. The van der Waals surface area contributed by atoms with Gasteiger partial charge in [0.25, 0.3) is 0 Å². The lowest BCUT2D eigenvalue weighted by Gasteiger charge is -2.41. The van der Waals surface area contributed by atoms with Gasteiger partial charge >= 0.3 is 12.3 Å². The highest BCUT2D eigenvalue weighted by Gasteiger charge is 2.56. The first-order chi connectivity index (χ1) is 29.1. The van der Waals surface area contributed by atoms with Crippen molar-refractivity contribution in [3.8, 4) is 23.1 Å². The number of anilines is 1. The van der Waals surface area contributed by atoms with Crippen molar-refractivity contribution >= 4 is 17.8 Å². The van der Waals surface area contributed by atoms with Crippen molar-refractivity contribution in [2.45, 2.75) is 83.0 Å². The first-order valence-electron chi connectivity index (χ1n) is 20.1. The summed E-state index contributed by atoms with van der Waals surface area (Å²) in [5, 5.41) is 18.6. The molecule has 0 saturated carbocycles. The Morgan fingerprint density at radius 1 is 0.934 bits per heavy atom. The summed E-state index contributed by atoms with van der Waals surface area (Å²) >= 11 is 0. The van der Waals surface area contributed by atoms with Crippen molar-refractivity contribution in [3.05, 3.63) is 113 Å². The number of rotatable bonds is 14. The van der Waals surface area contributed by atoms with E-state index < -0.39 is 53.4 Å². The third-order valence-electron chi connectivity index (χ3n) is 11.5. The average molecular weight is 848 g/mol. The number of aliphatic hydroxyl groups is 1. The molecule has 2 saturated heterocycles. The molecule has 61 heavy (non-hydrogen) atoms. The van der Waals surface area contributed by atoms with Crippen molar-refractivity contribution < 1.29 is 41.4 Å². The maximum atomic E-state index is 15.1. The topological polar surface area (TPSA) is 132 Å². The van der Waals surface area contributed by atoms with E-state index >= 15 is 8.78 Å². The van der Waals surface area contributed by atoms with Crippen LogP contribution in [0.3, 0.4) is 0 Å². The minimum atomic E-state index is -4.94. The minimum absolute atomic E-state index is 0.0825. The molecule has 0 radical (unpaired) electrons. The lowest BCUT2D eigenvalue weighted by Crippen LogP contribution is -2.62. The predicted octanol–water partition coefficient (Wildman–Crippen LogP) is 5.99. The number of methoxy groups -OCH3 is 1. The Hall–Kier alpha value is -5.63. The average Bonchev–Trinajstić information content (AvgIpc) is 3.49. The molecule has 324 valence electrons. The fourth-order valence-corrected chi connectivity index (χ4v) is 7.87. The monoisotopic (exact) mass is 847 g/mol. The van der Waals surface area contributed by atoms with Crippen LogP contribution in [0.25, 0.3) is 11.3 Å². The van der Waals surface area contributed by atoms with Crippen molar-refractivity contribution in [2.75, 3.05) is 38.2 Å². The quantitative estimate of drug-likeness (QED) is 0.0894. The molecule has 6 rings (SSSR count). The first-order valence-corrected chi connectivity index (χ1v) is 20.1. The van der Waals surface area contributed by atoms with Crippen LogP contribution < -0.4 is 20.9 Å². The molecule has 16 heteroatoms. The Kier molecular flexibility index (Phi) is 14.3. The molecule has 0 spiro atoms. The fraction of sp³-hybridized carbons (Fsp3) is 0.422. The van der Waals surface area contributed by atoms with Gasteiger partial charge in [-0.05, 0) is 93.7 Å². The number of aromatic nitrogens is 2. The summed E-state index contributed by atoms with van der Waals surface area (Å²) in [7, 11) is 0.945. The number of nitrogens with zero attached hydrogens (tertiary/aromatic N) is 4. The molecule has 2 bridgehead atoms. The highest BCUT2D eigenvalue weighted by atomic mass is 19.4. The van der Waals surface area contributed by atoms with E-state index in [0.717, 1.165) is 64.1 Å². The van der Waals surface area contributed by atoms with E-state index in [0.29, 0.717) is 28.9 Å². The third-order valence-corrected chi connectivity index (χ3v) is 11.5. The largest absolute Gasteiger partial charge is 0.453 e. The maximum absolute atomic E-state index is 15.1. The van der Waals surface area contributed by atoms with Crippen LogP contribution in [0.5, 0.6) is 0 Å². The Balaban J connectivity index is 1.15. The molecule has 2 aromatic heterocycles. The Labute approximate surface area is 352 Å². The Morgan fingerprint density at radius 2 is 1.59 bits per heavy atom. The predicted molar refractivity (Wildman–Crippen MR) is 220 cm³/mol. The number of carbonyl (C=O) groups is 2. The van der Waals surface area contributed by atoms with Gasteiger partial charge in [0.2, 0.25) is 5.91 Å². The van der Waals surface area contributed by atoms with Crippen LogP contribution in [-0.2, 0) is 22.5 Å². The van der Waals surface area contributed by atoms with E-state index in [-0.39, 0.29) is 30.6 Å². The molecule has 4 heterocycles. The zero-order chi connectivity index (χ0) is 43.9. The number of pyridine rings is 2. The molecule has 2 aliphatic heterocycles. The number of aliphatic hydroxyl groups excluding tert-OH is 1. The normalized spacial score (nSPS) is 18.1. The van der Waals surface area contributed by atoms with Gasteiger partial charge < -0.3 is 30.7 Å². The summed E-state index contributed by atoms with van der Waals surface area (Å²) in [5.74, 6) is 4.19. The molecule has 11 nitrogen and oxygen atoms in total. The number of piperazine rings is 1. The SMILES string of the molecule is CCN1C2CCC1CN(c1ccc(C#Cc3ccc(C[C@H](NC(=O)C(NC(=O)OC)C(C)(C)C(F)(F)F)[C@@H](O)CNCc4c(F)cc(-c5ccccn5)cc4F)cc3)cn1)C2. The van der Waals surface area contributed by atoms with E-state index in [1.165, 1.54) is 19.0 Å². The first kappa shape index (κ1) is 44.9. The third kappa shape index (κ3) is 10.8. The van der Waals surface area contributed by atoms with Gasteiger partial charge in [-0.1, -0.05) is 37.0 Å². The van der Waals surface area contributed by atoms with Gasteiger partial charge in [-0.3, -0.25) is 14.7 Å². The summed E-state index contributed by atoms with van der Waals surface area (Å²) in [5.41, 5.74) is -0.541. The van der Waals surface area contributed by atoms with Crippen LogP contribution in [0, 0.1) is 28.9 Å². The van der Waals surface area contributed by atoms with Crippen molar-refractivity contribution in [2.24, 2.45) is 5.41 Å². The van der Waals surface area contributed by atoms with Crippen LogP contribution >= 0.6 is 0 Å². The molecule has 2 amide bonds. The summed E-state index contributed by atoms with van der Waals surface area (Å²) in [6, 6.07) is 15.7. The van der Waals surface area contributed by atoms with Crippen LogP contribution in [0.4, 0.5) is 32.6 Å². The fourth-order valence-electron chi connectivity index (χ4n) is 7.87. The van der Waals surface area contributed by atoms with Gasteiger partial charge in [0.1, 0.15) is 23.5 Å². The second-order valence-corrected chi connectivity index (χ2v) is 15.9. The lowest BCUT2D eigenvalue weighted by molar-refractivity contribution is -0.220. The number of nitrogens with one attached hydrogen (secondary N) is 3. The van der Waals surface area contributed by atoms with E-state index in [9.17, 15) is 27.9 Å². The Morgan fingerprint density at radius 3 is 2.16 bits per heavy atom. The summed E-state index contributed by atoms with van der Waals surface area (Å²) in [4.78, 5) is 39.5. The number of benzene rings is 2. The number of alkyl halides is 3. The van der Waals surface area contributed by atoms with E-state index in [2.05, 4.69) is 53.9 Å². The highest BCUT2D eigenvalue weighted by Crippen LogP contribution is 2.40. The summed E-state index contributed by atoms with van der Waals surface area (Å²) < 4.78 is 77.3. The highest BCUT2D eigenvalue weighted by molar-refractivity contribution is 5.87. The molecule has 2 aliphatic rings. The van der Waals surface area contributed by atoms with E-state index in [1.807, 2.05) is 17.4 Å². The van der Waals surface area contributed by atoms with Gasteiger partial charge in [-0.2, -0.15) is 13.2 Å². The second-order valence-electron chi connectivity index (χ2n) is 15.9. The molecule has 3 unspecified atom stereocenters. The van der Waals surface area contributed by atoms with Crippen LogP contribution in [-0.4, -0.2) is 102 Å². The molecular formula is C45H50F5N7O4. The van der Waals surface area contributed by atoms with Crippen molar-refractivity contribution in [1.82, 2.24) is 30.8 Å². The molecule has 2 aromatic carbocycles. The van der Waals surface area contributed by atoms with Gasteiger partial charge in [0, 0.05) is 72.9 Å². The van der Waals surface area contributed by atoms with Crippen LogP contribution in [0.2, 0.25) is 0 Å². The zero-order valence-electron chi connectivity index (χ0n) is 34.4. The van der Waals surface area contributed by atoms with Gasteiger partial charge in [-0.15, -0.1) is 0 Å². The van der Waals surface area contributed by atoms with Crippen molar-refractivity contribution in [3.63, 3.8) is 0 Å². The zero-order valence-corrected chi connectivity index (χ0v) is 34.4. The lowest BCUT2D eigenvalue weighted by atomic mass is 9.82. The number of halogens is 5. The number of alkyl carbamates (subject to hydrolysis) is 1. The molecular weight excluding hydrogens is 798 g/mol. The number of fused-ring (bicyclic) bond motifs is 2. The second kappa shape index (κ2) is 19.4. The van der Waals surface area contributed by atoms with E-state index in [4.69, 9.17) is 0 Å². The smallest absolute Gasteiger partial charge is 0.407 e. The summed E-state index contributed by atoms with van der Waals surface area (Å²) in [6.45, 7) is 5.97. The van der Waals surface area contributed by atoms with Gasteiger partial charge in [-0.25, -0.2) is 18.6 Å². The van der Waals surface area contributed by atoms with Crippen molar-refractivity contribution in [1.29, 1.82) is 0 Å².